The van der Waals surface area contributed by atoms with Gasteiger partial charge in [-0.25, -0.2) is 0 Å². The average Bonchev–Trinajstić information content (AvgIpc) is 2.46. The number of carbonyl (C=O) groups excluding carboxylic acids is 2. The average molecular weight is 345 g/mol. The van der Waals surface area contributed by atoms with Gasteiger partial charge in [0.2, 0.25) is 11.8 Å². The van der Waals surface area contributed by atoms with Crippen molar-refractivity contribution in [2.75, 3.05) is 6.61 Å². The van der Waals surface area contributed by atoms with Crippen molar-refractivity contribution in [3.8, 4) is 0 Å². The summed E-state index contributed by atoms with van der Waals surface area (Å²) in [5.74, 6) is -0.469. The van der Waals surface area contributed by atoms with Crippen LogP contribution in [0, 0.1) is 0 Å². The molecule has 0 spiro atoms. The fourth-order valence-corrected chi connectivity index (χ4v) is 2.96. The Bertz CT molecular complexity index is 574. The van der Waals surface area contributed by atoms with Gasteiger partial charge in [0.1, 0.15) is 6.04 Å². The summed E-state index contributed by atoms with van der Waals surface area (Å²) in [6.07, 6.45) is 1.68. The van der Waals surface area contributed by atoms with Crippen molar-refractivity contribution in [2.24, 2.45) is 0 Å². The number of benzene rings is 1. The molecule has 5 nitrogen and oxygen atoms in total. The number of hydrogen-bond donors (Lipinski definition) is 3. The van der Waals surface area contributed by atoms with Gasteiger partial charge >= 0.3 is 0 Å². The molecule has 1 saturated heterocycles. The van der Waals surface area contributed by atoms with Crippen molar-refractivity contribution in [1.82, 2.24) is 10.6 Å². The standard InChI is InChI=1S/C15H18Cl2N2O3/c1-15(8-20,9-5-10(16)7-11(17)6-9)19-14(22)12-3-2-4-13(21)18-12/h5-7,12,20H,2-4,8H2,1H3,(H,18,21)(H,19,22). The summed E-state index contributed by atoms with van der Waals surface area (Å²) in [6, 6.07) is 4.28. The number of rotatable bonds is 4. The van der Waals surface area contributed by atoms with E-state index >= 15 is 0 Å². The number of hydrogen-bond acceptors (Lipinski definition) is 3. The number of halogens is 2. The Kier molecular flexibility index (Phi) is 5.32. The Balaban J connectivity index is 2.19. The zero-order valence-electron chi connectivity index (χ0n) is 12.2. The van der Waals surface area contributed by atoms with E-state index in [9.17, 15) is 14.7 Å². The van der Waals surface area contributed by atoms with E-state index in [1.807, 2.05) is 0 Å². The first kappa shape index (κ1) is 17.1. The van der Waals surface area contributed by atoms with Crippen LogP contribution in [0.2, 0.25) is 10.0 Å². The normalized spacial score (nSPS) is 20.9. The van der Waals surface area contributed by atoms with Crippen LogP contribution in [0.15, 0.2) is 18.2 Å². The van der Waals surface area contributed by atoms with Gasteiger partial charge in [-0.05, 0) is 43.5 Å². The second-order valence-corrected chi connectivity index (χ2v) is 6.52. The molecule has 22 heavy (non-hydrogen) atoms. The lowest BCUT2D eigenvalue weighted by atomic mass is 9.91. The lowest BCUT2D eigenvalue weighted by molar-refractivity contribution is -0.132. The molecule has 1 fully saturated rings. The van der Waals surface area contributed by atoms with Crippen LogP contribution in [0.1, 0.15) is 31.7 Å². The number of nitrogens with one attached hydrogen (secondary N) is 2. The van der Waals surface area contributed by atoms with E-state index in [1.54, 1.807) is 25.1 Å². The first-order valence-corrected chi connectivity index (χ1v) is 7.78. The molecule has 1 aromatic rings. The van der Waals surface area contributed by atoms with Gasteiger partial charge < -0.3 is 15.7 Å². The third kappa shape index (κ3) is 3.91. The molecule has 0 aliphatic carbocycles. The highest BCUT2D eigenvalue weighted by atomic mass is 35.5. The van der Waals surface area contributed by atoms with E-state index in [0.717, 1.165) is 0 Å². The van der Waals surface area contributed by atoms with Crippen LogP contribution in [0.25, 0.3) is 0 Å². The van der Waals surface area contributed by atoms with Crippen LogP contribution in [0.5, 0.6) is 0 Å². The molecule has 1 aliphatic rings. The minimum Gasteiger partial charge on any atom is -0.394 e. The molecule has 2 amide bonds. The lowest BCUT2D eigenvalue weighted by Crippen LogP contribution is -2.55. The van der Waals surface area contributed by atoms with E-state index in [4.69, 9.17) is 23.2 Å². The Morgan fingerprint density at radius 2 is 2.05 bits per heavy atom. The summed E-state index contributed by atoms with van der Waals surface area (Å²) in [6.45, 7) is 1.35. The fourth-order valence-electron chi connectivity index (χ4n) is 2.44. The molecule has 2 unspecified atom stereocenters. The van der Waals surface area contributed by atoms with Crippen LogP contribution < -0.4 is 10.6 Å². The van der Waals surface area contributed by atoms with Crippen molar-refractivity contribution in [3.63, 3.8) is 0 Å². The fraction of sp³-hybridized carbons (Fsp3) is 0.467. The van der Waals surface area contributed by atoms with Gasteiger partial charge in [0.25, 0.3) is 0 Å². The summed E-state index contributed by atoms with van der Waals surface area (Å²) in [7, 11) is 0. The number of carbonyl (C=O) groups is 2. The van der Waals surface area contributed by atoms with E-state index in [1.165, 1.54) is 0 Å². The molecule has 7 heteroatoms. The van der Waals surface area contributed by atoms with Gasteiger partial charge in [0, 0.05) is 16.5 Å². The zero-order chi connectivity index (χ0) is 16.3. The predicted molar refractivity (Wildman–Crippen MR) is 84.8 cm³/mol. The maximum atomic E-state index is 12.4. The highest BCUT2D eigenvalue weighted by molar-refractivity contribution is 6.34. The van der Waals surface area contributed by atoms with Crippen LogP contribution in [0.3, 0.4) is 0 Å². The third-order valence-electron chi connectivity index (χ3n) is 3.76. The minimum atomic E-state index is -1.03. The molecule has 120 valence electrons. The second kappa shape index (κ2) is 6.86. The molecule has 3 N–H and O–H groups in total. The quantitative estimate of drug-likeness (QED) is 0.781. The Morgan fingerprint density at radius 1 is 1.41 bits per heavy atom. The van der Waals surface area contributed by atoms with Gasteiger partial charge in [-0.3, -0.25) is 9.59 Å². The molecule has 2 rings (SSSR count). The van der Waals surface area contributed by atoms with Crippen LogP contribution in [0.4, 0.5) is 0 Å². The summed E-state index contributed by atoms with van der Waals surface area (Å²) < 4.78 is 0. The Hall–Kier alpha value is -1.30. The van der Waals surface area contributed by atoms with Gasteiger partial charge in [0.05, 0.1) is 12.1 Å². The van der Waals surface area contributed by atoms with Crippen molar-refractivity contribution in [3.05, 3.63) is 33.8 Å². The smallest absolute Gasteiger partial charge is 0.243 e. The molecule has 0 bridgehead atoms. The first-order valence-electron chi connectivity index (χ1n) is 7.03. The molecule has 2 atom stereocenters. The molecular weight excluding hydrogens is 327 g/mol. The summed E-state index contributed by atoms with van der Waals surface area (Å²) in [5.41, 5.74) is -0.434. The SMILES string of the molecule is CC(CO)(NC(=O)C1CCCC(=O)N1)c1cc(Cl)cc(Cl)c1. The van der Waals surface area contributed by atoms with E-state index in [0.29, 0.717) is 34.9 Å². The van der Waals surface area contributed by atoms with Gasteiger partial charge in [-0.1, -0.05) is 23.2 Å². The Morgan fingerprint density at radius 3 is 2.59 bits per heavy atom. The summed E-state index contributed by atoms with van der Waals surface area (Å²) in [4.78, 5) is 23.8. The maximum absolute atomic E-state index is 12.4. The third-order valence-corrected chi connectivity index (χ3v) is 4.20. The minimum absolute atomic E-state index is 0.136. The van der Waals surface area contributed by atoms with Crippen LogP contribution in [-0.2, 0) is 15.1 Å². The predicted octanol–water partition coefficient (Wildman–Crippen LogP) is 1.99. The van der Waals surface area contributed by atoms with Crippen LogP contribution >= 0.6 is 23.2 Å². The number of piperidine rings is 1. The lowest BCUT2D eigenvalue weighted by Gasteiger charge is -2.32. The van der Waals surface area contributed by atoms with Crippen LogP contribution in [-0.4, -0.2) is 29.6 Å². The molecule has 0 saturated carbocycles. The highest BCUT2D eigenvalue weighted by Gasteiger charge is 2.33. The van der Waals surface area contributed by atoms with Crippen molar-refractivity contribution in [1.29, 1.82) is 0 Å². The van der Waals surface area contributed by atoms with Crippen molar-refractivity contribution in [2.45, 2.75) is 37.8 Å². The van der Waals surface area contributed by atoms with E-state index < -0.39 is 11.6 Å². The largest absolute Gasteiger partial charge is 0.394 e. The zero-order valence-corrected chi connectivity index (χ0v) is 13.7. The molecule has 0 radical (unpaired) electrons. The molecule has 1 aliphatic heterocycles. The summed E-state index contributed by atoms with van der Waals surface area (Å²) >= 11 is 12.0. The second-order valence-electron chi connectivity index (χ2n) is 5.65. The molecular formula is C15H18Cl2N2O3. The summed E-state index contributed by atoms with van der Waals surface area (Å²) in [5, 5.41) is 16.0. The van der Waals surface area contributed by atoms with Gasteiger partial charge in [-0.15, -0.1) is 0 Å². The monoisotopic (exact) mass is 344 g/mol. The first-order chi connectivity index (χ1) is 10.3. The topological polar surface area (TPSA) is 78.4 Å². The number of amides is 2. The molecule has 0 aromatic heterocycles. The van der Waals surface area contributed by atoms with Crippen molar-refractivity contribution < 1.29 is 14.7 Å². The molecule has 1 aromatic carbocycles. The van der Waals surface area contributed by atoms with Gasteiger partial charge in [-0.2, -0.15) is 0 Å². The maximum Gasteiger partial charge on any atom is 0.243 e. The van der Waals surface area contributed by atoms with Gasteiger partial charge in [0.15, 0.2) is 0 Å². The number of aliphatic hydroxyl groups excluding tert-OH is 1. The van der Waals surface area contributed by atoms with E-state index in [-0.39, 0.29) is 18.4 Å². The van der Waals surface area contributed by atoms with Crippen molar-refractivity contribution >= 4 is 35.0 Å². The Labute approximate surface area is 139 Å². The van der Waals surface area contributed by atoms with E-state index in [2.05, 4.69) is 10.6 Å². The highest BCUT2D eigenvalue weighted by Crippen LogP contribution is 2.27. The number of aliphatic hydroxyl groups is 1. The molecule has 1 heterocycles.